The minimum atomic E-state index is -0.397. The van der Waals surface area contributed by atoms with Gasteiger partial charge in [-0.3, -0.25) is 0 Å². The van der Waals surface area contributed by atoms with Crippen molar-refractivity contribution < 1.29 is 14.3 Å². The van der Waals surface area contributed by atoms with E-state index in [4.69, 9.17) is 15.2 Å². The number of nitrogens with two attached hydrogens (primary N) is 1. The molecule has 1 aromatic heterocycles. The van der Waals surface area contributed by atoms with E-state index in [-0.39, 0.29) is 6.10 Å². The molecule has 2 heterocycles. The molecular formula is C10H15N3O3. The molecule has 0 spiro atoms. The zero-order valence-electron chi connectivity index (χ0n) is 8.96. The molecule has 0 saturated carbocycles. The molecule has 1 fully saturated rings. The Kier molecular flexibility index (Phi) is 3.53. The molecule has 2 rings (SSSR count). The summed E-state index contributed by atoms with van der Waals surface area (Å²) in [6.07, 6.45) is 3.85. The third-order valence-electron chi connectivity index (χ3n) is 2.39. The standard InChI is InChI=1S/C10H15N3O3/c11-2-3-13-5-9(12-7-13)10(14)16-8-1-4-15-6-8/h5,7-8H,1-4,6,11H2. The predicted octanol–water partition coefficient (Wildman–Crippen LogP) is -0.213. The van der Waals surface area contributed by atoms with E-state index in [0.717, 1.165) is 6.42 Å². The van der Waals surface area contributed by atoms with E-state index in [0.29, 0.717) is 32.0 Å². The van der Waals surface area contributed by atoms with Gasteiger partial charge in [-0.1, -0.05) is 0 Å². The molecular weight excluding hydrogens is 210 g/mol. The van der Waals surface area contributed by atoms with Crippen LogP contribution in [0.2, 0.25) is 0 Å². The van der Waals surface area contributed by atoms with E-state index in [1.807, 2.05) is 0 Å². The van der Waals surface area contributed by atoms with Crippen molar-refractivity contribution in [1.82, 2.24) is 9.55 Å². The molecule has 0 aliphatic carbocycles. The molecule has 16 heavy (non-hydrogen) atoms. The fourth-order valence-corrected chi connectivity index (χ4v) is 1.55. The second kappa shape index (κ2) is 5.09. The maximum Gasteiger partial charge on any atom is 0.358 e. The van der Waals surface area contributed by atoms with Crippen LogP contribution in [0.5, 0.6) is 0 Å². The summed E-state index contributed by atoms with van der Waals surface area (Å²) in [6, 6.07) is 0. The highest BCUT2D eigenvalue weighted by Gasteiger charge is 2.21. The van der Waals surface area contributed by atoms with Gasteiger partial charge in [0.2, 0.25) is 0 Å². The summed E-state index contributed by atoms with van der Waals surface area (Å²) in [4.78, 5) is 15.6. The number of aromatic nitrogens is 2. The number of hydrogen-bond donors (Lipinski definition) is 1. The van der Waals surface area contributed by atoms with Gasteiger partial charge in [-0.2, -0.15) is 0 Å². The zero-order chi connectivity index (χ0) is 11.4. The molecule has 0 radical (unpaired) electrons. The summed E-state index contributed by atoms with van der Waals surface area (Å²) in [6.45, 7) is 2.29. The van der Waals surface area contributed by atoms with E-state index in [9.17, 15) is 4.79 Å². The van der Waals surface area contributed by atoms with E-state index < -0.39 is 5.97 Å². The van der Waals surface area contributed by atoms with Gasteiger partial charge < -0.3 is 19.8 Å². The summed E-state index contributed by atoms with van der Waals surface area (Å²) in [7, 11) is 0. The van der Waals surface area contributed by atoms with Gasteiger partial charge in [-0.05, 0) is 0 Å². The number of rotatable bonds is 4. The first-order valence-electron chi connectivity index (χ1n) is 5.30. The minimum Gasteiger partial charge on any atom is -0.455 e. The van der Waals surface area contributed by atoms with Crippen LogP contribution in [-0.4, -0.2) is 41.4 Å². The number of carbonyl (C=O) groups is 1. The largest absolute Gasteiger partial charge is 0.455 e. The highest BCUT2D eigenvalue weighted by atomic mass is 16.6. The number of hydrogen-bond acceptors (Lipinski definition) is 5. The molecule has 1 unspecified atom stereocenters. The van der Waals surface area contributed by atoms with Gasteiger partial charge in [0.05, 0.1) is 19.5 Å². The van der Waals surface area contributed by atoms with Crippen LogP contribution in [0.3, 0.4) is 0 Å². The number of nitrogens with zero attached hydrogens (tertiary/aromatic N) is 2. The van der Waals surface area contributed by atoms with Crippen LogP contribution in [0.4, 0.5) is 0 Å². The van der Waals surface area contributed by atoms with Crippen LogP contribution in [0, 0.1) is 0 Å². The molecule has 1 aliphatic rings. The van der Waals surface area contributed by atoms with Crippen molar-refractivity contribution in [2.75, 3.05) is 19.8 Å². The van der Waals surface area contributed by atoms with Crippen LogP contribution in [0.1, 0.15) is 16.9 Å². The highest BCUT2D eigenvalue weighted by Crippen LogP contribution is 2.10. The molecule has 0 bridgehead atoms. The maximum atomic E-state index is 11.6. The molecule has 1 atom stereocenters. The SMILES string of the molecule is NCCn1cnc(C(=O)OC2CCOC2)c1. The van der Waals surface area contributed by atoms with Crippen molar-refractivity contribution in [2.45, 2.75) is 19.1 Å². The Morgan fingerprint density at radius 3 is 3.31 bits per heavy atom. The number of carbonyl (C=O) groups excluding carboxylic acids is 1. The summed E-state index contributed by atoms with van der Waals surface area (Å²) in [5.74, 6) is -0.397. The lowest BCUT2D eigenvalue weighted by atomic mass is 10.3. The summed E-state index contributed by atoms with van der Waals surface area (Å²) < 4.78 is 12.1. The Morgan fingerprint density at radius 2 is 2.62 bits per heavy atom. The fraction of sp³-hybridized carbons (Fsp3) is 0.600. The lowest BCUT2D eigenvalue weighted by Crippen LogP contribution is -2.18. The lowest BCUT2D eigenvalue weighted by molar-refractivity contribution is 0.0264. The van der Waals surface area contributed by atoms with Gasteiger partial charge in [-0.15, -0.1) is 0 Å². The van der Waals surface area contributed by atoms with Crippen molar-refractivity contribution in [3.8, 4) is 0 Å². The van der Waals surface area contributed by atoms with E-state index in [1.165, 1.54) is 0 Å². The molecule has 0 amide bonds. The average molecular weight is 225 g/mol. The molecule has 0 aromatic carbocycles. The van der Waals surface area contributed by atoms with Gasteiger partial charge in [0.1, 0.15) is 6.10 Å². The van der Waals surface area contributed by atoms with E-state index in [1.54, 1.807) is 17.1 Å². The van der Waals surface area contributed by atoms with Gasteiger partial charge in [-0.25, -0.2) is 9.78 Å². The van der Waals surface area contributed by atoms with E-state index in [2.05, 4.69) is 4.98 Å². The summed E-state index contributed by atoms with van der Waals surface area (Å²) in [5.41, 5.74) is 5.72. The van der Waals surface area contributed by atoms with Crippen LogP contribution < -0.4 is 5.73 Å². The Morgan fingerprint density at radius 1 is 1.75 bits per heavy atom. The third-order valence-corrected chi connectivity index (χ3v) is 2.39. The Bertz CT molecular complexity index is 358. The van der Waals surface area contributed by atoms with Crippen molar-refractivity contribution in [1.29, 1.82) is 0 Å². The van der Waals surface area contributed by atoms with Crippen molar-refractivity contribution in [2.24, 2.45) is 5.73 Å². The summed E-state index contributed by atoms with van der Waals surface area (Å²) >= 11 is 0. The monoisotopic (exact) mass is 225 g/mol. The van der Waals surface area contributed by atoms with Crippen molar-refractivity contribution in [3.63, 3.8) is 0 Å². The quantitative estimate of drug-likeness (QED) is 0.717. The first-order chi connectivity index (χ1) is 7.79. The van der Waals surface area contributed by atoms with E-state index >= 15 is 0 Å². The smallest absolute Gasteiger partial charge is 0.358 e. The Labute approximate surface area is 93.3 Å². The van der Waals surface area contributed by atoms with Gasteiger partial charge in [0, 0.05) is 25.7 Å². The van der Waals surface area contributed by atoms with Crippen LogP contribution in [0.15, 0.2) is 12.5 Å². The maximum absolute atomic E-state index is 11.6. The first-order valence-corrected chi connectivity index (χ1v) is 5.30. The molecule has 6 nitrogen and oxygen atoms in total. The predicted molar refractivity (Wildman–Crippen MR) is 55.9 cm³/mol. The molecule has 88 valence electrons. The molecule has 2 N–H and O–H groups in total. The summed E-state index contributed by atoms with van der Waals surface area (Å²) in [5, 5.41) is 0. The Hall–Kier alpha value is -1.40. The number of ether oxygens (including phenoxy) is 2. The van der Waals surface area contributed by atoms with Gasteiger partial charge >= 0.3 is 5.97 Å². The molecule has 6 heteroatoms. The number of esters is 1. The van der Waals surface area contributed by atoms with Crippen LogP contribution in [-0.2, 0) is 16.0 Å². The molecule has 1 aromatic rings. The second-order valence-corrected chi connectivity index (χ2v) is 3.68. The fourth-order valence-electron chi connectivity index (χ4n) is 1.55. The van der Waals surface area contributed by atoms with Crippen LogP contribution >= 0.6 is 0 Å². The lowest BCUT2D eigenvalue weighted by Gasteiger charge is -2.07. The average Bonchev–Trinajstić information content (AvgIpc) is 2.89. The highest BCUT2D eigenvalue weighted by molar-refractivity contribution is 5.87. The topological polar surface area (TPSA) is 79.4 Å². The molecule has 1 saturated heterocycles. The van der Waals surface area contributed by atoms with Gasteiger partial charge in [0.25, 0.3) is 0 Å². The van der Waals surface area contributed by atoms with Gasteiger partial charge in [0.15, 0.2) is 5.69 Å². The first kappa shape index (κ1) is 11.1. The van der Waals surface area contributed by atoms with Crippen LogP contribution in [0.25, 0.3) is 0 Å². The minimum absolute atomic E-state index is 0.132. The van der Waals surface area contributed by atoms with Crippen molar-refractivity contribution in [3.05, 3.63) is 18.2 Å². The Balaban J connectivity index is 1.91. The molecule has 1 aliphatic heterocycles. The zero-order valence-corrected chi connectivity index (χ0v) is 8.96. The van der Waals surface area contributed by atoms with Crippen molar-refractivity contribution >= 4 is 5.97 Å². The second-order valence-electron chi connectivity index (χ2n) is 3.68. The third kappa shape index (κ3) is 2.59. The normalized spacial score (nSPS) is 19.9. The number of imidazole rings is 1.